The Hall–Kier alpha value is -2.36. The molecule has 2 aromatic rings. The highest BCUT2D eigenvalue weighted by molar-refractivity contribution is 6.05. The van der Waals surface area contributed by atoms with E-state index < -0.39 is 0 Å². The third kappa shape index (κ3) is 2.07. The van der Waals surface area contributed by atoms with E-state index in [4.69, 9.17) is 9.98 Å². The van der Waals surface area contributed by atoms with Gasteiger partial charge in [0.25, 0.3) is 0 Å². The molecule has 0 radical (unpaired) electrons. The first-order chi connectivity index (χ1) is 10.3. The largest absolute Gasteiger partial charge is 0.360 e. The lowest BCUT2D eigenvalue weighted by Gasteiger charge is -2.41. The number of aromatic nitrogens is 1. The van der Waals surface area contributed by atoms with Crippen LogP contribution >= 0.6 is 0 Å². The second-order valence-electron chi connectivity index (χ2n) is 5.55. The molecule has 4 heteroatoms. The quantitative estimate of drug-likeness (QED) is 0.872. The Morgan fingerprint density at radius 1 is 1.14 bits per heavy atom. The molecule has 0 saturated carbocycles. The zero-order chi connectivity index (χ0) is 14.2. The third-order valence-corrected chi connectivity index (χ3v) is 4.05. The standard InChI is InChI=1S/C17H18N4/c1-12-6-4-9-15(19-12)17-20-14-8-3-2-7-13(14)16-18-10-5-11-21(16)17/h2-4,6-9,17,20H,5,10-11H2,1H3/t17-/m1/s1. The highest BCUT2D eigenvalue weighted by atomic mass is 15.3. The Morgan fingerprint density at radius 3 is 2.95 bits per heavy atom. The molecule has 1 N–H and O–H groups in total. The maximum Gasteiger partial charge on any atom is 0.144 e. The lowest BCUT2D eigenvalue weighted by molar-refractivity contribution is 0.317. The van der Waals surface area contributed by atoms with Crippen LogP contribution in [0.4, 0.5) is 5.69 Å². The van der Waals surface area contributed by atoms with Crippen LogP contribution in [-0.4, -0.2) is 28.8 Å². The molecule has 106 valence electrons. The van der Waals surface area contributed by atoms with Gasteiger partial charge in [-0.05, 0) is 37.6 Å². The molecule has 0 fully saturated rings. The summed E-state index contributed by atoms with van der Waals surface area (Å²) in [5.74, 6) is 1.10. The van der Waals surface area contributed by atoms with Gasteiger partial charge in [-0.15, -0.1) is 0 Å². The fraction of sp³-hybridized carbons (Fsp3) is 0.294. The van der Waals surface area contributed by atoms with Gasteiger partial charge in [0, 0.05) is 30.0 Å². The SMILES string of the molecule is Cc1cccc([C@@H]2Nc3ccccc3C3=NCCCN32)n1. The van der Waals surface area contributed by atoms with Gasteiger partial charge in [0.15, 0.2) is 0 Å². The van der Waals surface area contributed by atoms with Crippen LogP contribution in [0.5, 0.6) is 0 Å². The van der Waals surface area contributed by atoms with Crippen LogP contribution in [0.1, 0.15) is 29.5 Å². The van der Waals surface area contributed by atoms with Gasteiger partial charge in [-0.3, -0.25) is 9.98 Å². The number of rotatable bonds is 1. The number of fused-ring (bicyclic) bond motifs is 3. The van der Waals surface area contributed by atoms with Gasteiger partial charge >= 0.3 is 0 Å². The van der Waals surface area contributed by atoms with E-state index in [1.54, 1.807) is 0 Å². The second kappa shape index (κ2) is 4.88. The zero-order valence-corrected chi connectivity index (χ0v) is 12.1. The number of aryl methyl sites for hydroxylation is 1. The maximum absolute atomic E-state index is 4.77. The number of aliphatic imine (C=N–C) groups is 1. The normalized spacial score (nSPS) is 20.1. The van der Waals surface area contributed by atoms with Gasteiger partial charge in [-0.2, -0.15) is 0 Å². The monoisotopic (exact) mass is 278 g/mol. The maximum atomic E-state index is 4.77. The molecule has 3 heterocycles. The van der Waals surface area contributed by atoms with Crippen molar-refractivity contribution in [3.05, 3.63) is 59.4 Å². The average Bonchev–Trinajstić information content (AvgIpc) is 2.54. The molecular formula is C17H18N4. The van der Waals surface area contributed by atoms with Crippen LogP contribution in [0.15, 0.2) is 47.5 Å². The minimum atomic E-state index is 0.0684. The molecule has 0 unspecified atom stereocenters. The number of benzene rings is 1. The van der Waals surface area contributed by atoms with Gasteiger partial charge in [-0.1, -0.05) is 18.2 Å². The summed E-state index contributed by atoms with van der Waals surface area (Å²) < 4.78 is 0. The summed E-state index contributed by atoms with van der Waals surface area (Å²) in [6, 6.07) is 14.6. The summed E-state index contributed by atoms with van der Waals surface area (Å²) in [5, 5.41) is 3.62. The first-order valence-corrected chi connectivity index (χ1v) is 7.43. The highest BCUT2D eigenvalue weighted by Gasteiger charge is 2.32. The molecule has 0 aliphatic carbocycles. The summed E-state index contributed by atoms with van der Waals surface area (Å²) >= 11 is 0. The predicted molar refractivity (Wildman–Crippen MR) is 84.5 cm³/mol. The summed E-state index contributed by atoms with van der Waals surface area (Å²) in [6.07, 6.45) is 1.16. The number of nitrogens with zero attached hydrogens (tertiary/aromatic N) is 3. The van der Waals surface area contributed by atoms with E-state index in [9.17, 15) is 0 Å². The van der Waals surface area contributed by atoms with Crippen molar-refractivity contribution in [2.24, 2.45) is 4.99 Å². The number of anilines is 1. The lowest BCUT2D eigenvalue weighted by Crippen LogP contribution is -2.46. The number of para-hydroxylation sites is 1. The molecule has 0 bridgehead atoms. The molecule has 4 rings (SSSR count). The molecule has 1 aromatic carbocycles. The molecule has 1 atom stereocenters. The average molecular weight is 278 g/mol. The summed E-state index contributed by atoms with van der Waals surface area (Å²) in [6.45, 7) is 3.96. The molecule has 4 nitrogen and oxygen atoms in total. The number of hydrogen-bond acceptors (Lipinski definition) is 4. The first kappa shape index (κ1) is 12.4. The van der Waals surface area contributed by atoms with Crippen molar-refractivity contribution in [2.75, 3.05) is 18.4 Å². The van der Waals surface area contributed by atoms with E-state index in [1.165, 1.54) is 5.56 Å². The Morgan fingerprint density at radius 2 is 2.05 bits per heavy atom. The van der Waals surface area contributed by atoms with E-state index in [0.29, 0.717) is 0 Å². The summed E-state index contributed by atoms with van der Waals surface area (Å²) in [7, 11) is 0. The van der Waals surface area contributed by atoms with Crippen LogP contribution in [-0.2, 0) is 0 Å². The Balaban J connectivity index is 1.83. The number of pyridine rings is 1. The van der Waals surface area contributed by atoms with Crippen LogP contribution < -0.4 is 5.32 Å². The van der Waals surface area contributed by atoms with Crippen molar-refractivity contribution in [3.8, 4) is 0 Å². The first-order valence-electron chi connectivity index (χ1n) is 7.43. The molecule has 0 spiro atoms. The lowest BCUT2D eigenvalue weighted by atomic mass is 10.0. The van der Waals surface area contributed by atoms with Gasteiger partial charge in [0.05, 0.1) is 5.69 Å². The van der Waals surface area contributed by atoms with Gasteiger partial charge in [0.2, 0.25) is 0 Å². The van der Waals surface area contributed by atoms with E-state index in [0.717, 1.165) is 42.4 Å². The van der Waals surface area contributed by atoms with Crippen molar-refractivity contribution in [3.63, 3.8) is 0 Å². The van der Waals surface area contributed by atoms with Crippen LogP contribution in [0.3, 0.4) is 0 Å². The topological polar surface area (TPSA) is 40.5 Å². The zero-order valence-electron chi connectivity index (χ0n) is 12.1. The highest BCUT2D eigenvalue weighted by Crippen LogP contribution is 2.34. The van der Waals surface area contributed by atoms with Crippen molar-refractivity contribution >= 4 is 11.5 Å². The molecule has 0 saturated heterocycles. The van der Waals surface area contributed by atoms with E-state index >= 15 is 0 Å². The van der Waals surface area contributed by atoms with Crippen molar-refractivity contribution in [1.82, 2.24) is 9.88 Å². The summed E-state index contributed by atoms with van der Waals surface area (Å²) in [4.78, 5) is 11.8. The Kier molecular flexibility index (Phi) is 2.88. The second-order valence-corrected chi connectivity index (χ2v) is 5.55. The van der Waals surface area contributed by atoms with Gasteiger partial charge in [-0.25, -0.2) is 0 Å². The van der Waals surface area contributed by atoms with Crippen LogP contribution in [0.2, 0.25) is 0 Å². The minimum absolute atomic E-state index is 0.0684. The third-order valence-electron chi connectivity index (χ3n) is 4.05. The van der Waals surface area contributed by atoms with Crippen molar-refractivity contribution in [1.29, 1.82) is 0 Å². The fourth-order valence-corrected chi connectivity index (χ4v) is 3.09. The van der Waals surface area contributed by atoms with E-state index in [-0.39, 0.29) is 6.17 Å². The van der Waals surface area contributed by atoms with Gasteiger partial charge in [0.1, 0.15) is 12.0 Å². The van der Waals surface area contributed by atoms with E-state index in [1.807, 2.05) is 13.0 Å². The smallest absolute Gasteiger partial charge is 0.144 e. The Bertz CT molecular complexity index is 707. The minimum Gasteiger partial charge on any atom is -0.360 e. The number of hydrogen-bond donors (Lipinski definition) is 1. The number of amidine groups is 1. The number of nitrogens with one attached hydrogen (secondary N) is 1. The van der Waals surface area contributed by atoms with Crippen molar-refractivity contribution in [2.45, 2.75) is 19.5 Å². The molecule has 2 aliphatic heterocycles. The van der Waals surface area contributed by atoms with Crippen LogP contribution in [0.25, 0.3) is 0 Å². The Labute approximate surface area is 124 Å². The summed E-state index contributed by atoms with van der Waals surface area (Å²) in [5.41, 5.74) is 4.44. The molecule has 21 heavy (non-hydrogen) atoms. The fourth-order valence-electron chi connectivity index (χ4n) is 3.09. The van der Waals surface area contributed by atoms with Gasteiger partial charge < -0.3 is 10.2 Å². The van der Waals surface area contributed by atoms with Crippen molar-refractivity contribution < 1.29 is 0 Å². The van der Waals surface area contributed by atoms with Crippen LogP contribution in [0, 0.1) is 6.92 Å². The predicted octanol–water partition coefficient (Wildman–Crippen LogP) is 2.97. The molecular weight excluding hydrogens is 260 g/mol. The molecule has 2 aliphatic rings. The van der Waals surface area contributed by atoms with E-state index in [2.05, 4.69) is 46.6 Å². The molecule has 1 aromatic heterocycles. The molecule has 0 amide bonds.